The van der Waals surface area contributed by atoms with Crippen LogP contribution in [0.4, 0.5) is 0 Å². The number of ether oxygens (including phenoxy) is 1. The molecule has 3 rings (SSSR count). The number of rotatable bonds is 4. The van der Waals surface area contributed by atoms with Gasteiger partial charge in [0.25, 0.3) is 5.91 Å². The van der Waals surface area contributed by atoms with Crippen molar-refractivity contribution in [3.63, 3.8) is 0 Å². The Morgan fingerprint density at radius 3 is 2.65 bits per heavy atom. The molecule has 0 N–H and O–H groups in total. The summed E-state index contributed by atoms with van der Waals surface area (Å²) in [5.74, 6) is 0.825. The standard InChI is InChI=1S/C20H23NO2/c1-15-10-11-18(13-16(15)2)23-14-20(22)21-12-6-9-19(21)17-7-4-3-5-8-17/h3-5,7-8,10-11,13,19H,6,9,12,14H2,1-2H3. The fraction of sp³-hybridized carbons (Fsp3) is 0.350. The van der Waals surface area contributed by atoms with E-state index in [1.165, 1.54) is 16.7 Å². The van der Waals surface area contributed by atoms with Gasteiger partial charge in [-0.1, -0.05) is 36.4 Å². The lowest BCUT2D eigenvalue weighted by atomic mass is 10.0. The molecule has 0 aliphatic carbocycles. The SMILES string of the molecule is Cc1ccc(OCC(=O)N2CCCC2c2ccccc2)cc1C. The van der Waals surface area contributed by atoms with Crippen molar-refractivity contribution in [3.8, 4) is 5.75 Å². The van der Waals surface area contributed by atoms with Crippen molar-refractivity contribution in [3.05, 3.63) is 65.2 Å². The minimum atomic E-state index is 0.0644. The van der Waals surface area contributed by atoms with Crippen LogP contribution in [-0.4, -0.2) is 24.0 Å². The van der Waals surface area contributed by atoms with Crippen LogP contribution in [0.3, 0.4) is 0 Å². The highest BCUT2D eigenvalue weighted by molar-refractivity contribution is 5.78. The van der Waals surface area contributed by atoms with Gasteiger partial charge in [0.05, 0.1) is 6.04 Å². The van der Waals surface area contributed by atoms with E-state index in [1.54, 1.807) is 0 Å². The maximum absolute atomic E-state index is 12.6. The molecule has 1 fully saturated rings. The first kappa shape index (κ1) is 15.6. The van der Waals surface area contributed by atoms with Crippen LogP contribution in [0.2, 0.25) is 0 Å². The van der Waals surface area contributed by atoms with E-state index in [4.69, 9.17) is 4.74 Å². The number of amides is 1. The number of likely N-dealkylation sites (tertiary alicyclic amines) is 1. The molecular formula is C20H23NO2. The zero-order chi connectivity index (χ0) is 16.2. The molecule has 1 heterocycles. The Hall–Kier alpha value is -2.29. The number of hydrogen-bond acceptors (Lipinski definition) is 2. The summed E-state index contributed by atoms with van der Waals surface area (Å²) in [5.41, 5.74) is 3.62. The van der Waals surface area contributed by atoms with Gasteiger partial charge in [-0.05, 0) is 55.5 Å². The molecule has 1 aliphatic heterocycles. The van der Waals surface area contributed by atoms with E-state index in [-0.39, 0.29) is 18.6 Å². The fourth-order valence-corrected chi connectivity index (χ4v) is 3.12. The molecule has 1 unspecified atom stereocenters. The summed E-state index contributed by atoms with van der Waals surface area (Å²) in [7, 11) is 0. The summed E-state index contributed by atoms with van der Waals surface area (Å²) in [6.07, 6.45) is 2.08. The van der Waals surface area contributed by atoms with Crippen molar-refractivity contribution in [2.24, 2.45) is 0 Å². The summed E-state index contributed by atoms with van der Waals surface area (Å²) in [6.45, 7) is 5.04. The lowest BCUT2D eigenvalue weighted by Gasteiger charge is -2.25. The largest absolute Gasteiger partial charge is 0.484 e. The molecule has 2 aromatic carbocycles. The molecule has 0 spiro atoms. The second-order valence-corrected chi connectivity index (χ2v) is 6.19. The highest BCUT2D eigenvalue weighted by atomic mass is 16.5. The topological polar surface area (TPSA) is 29.5 Å². The van der Waals surface area contributed by atoms with Crippen molar-refractivity contribution in [1.82, 2.24) is 4.90 Å². The Morgan fingerprint density at radius 1 is 1.13 bits per heavy atom. The van der Waals surface area contributed by atoms with E-state index in [9.17, 15) is 4.79 Å². The molecule has 0 bridgehead atoms. The van der Waals surface area contributed by atoms with Crippen LogP contribution in [0.1, 0.15) is 35.6 Å². The van der Waals surface area contributed by atoms with Gasteiger partial charge in [0.2, 0.25) is 0 Å². The molecule has 0 radical (unpaired) electrons. The number of hydrogen-bond donors (Lipinski definition) is 0. The third-order valence-electron chi connectivity index (χ3n) is 4.60. The predicted octanol–water partition coefficient (Wildman–Crippen LogP) is 4.05. The zero-order valence-corrected chi connectivity index (χ0v) is 13.8. The average molecular weight is 309 g/mol. The molecular weight excluding hydrogens is 286 g/mol. The maximum Gasteiger partial charge on any atom is 0.261 e. The second-order valence-electron chi connectivity index (χ2n) is 6.19. The third-order valence-corrected chi connectivity index (χ3v) is 4.60. The van der Waals surface area contributed by atoms with E-state index in [0.29, 0.717) is 0 Å². The third kappa shape index (κ3) is 3.55. The summed E-state index contributed by atoms with van der Waals surface area (Å²) in [5, 5.41) is 0. The Balaban J connectivity index is 1.64. The quantitative estimate of drug-likeness (QED) is 0.853. The highest BCUT2D eigenvalue weighted by Crippen LogP contribution is 2.31. The molecule has 0 saturated carbocycles. The smallest absolute Gasteiger partial charge is 0.261 e. The van der Waals surface area contributed by atoms with Crippen molar-refractivity contribution < 1.29 is 9.53 Å². The fourth-order valence-electron chi connectivity index (χ4n) is 3.12. The van der Waals surface area contributed by atoms with E-state index in [1.807, 2.05) is 41.3 Å². The Labute approximate surface area is 137 Å². The first-order chi connectivity index (χ1) is 11.1. The minimum absolute atomic E-state index is 0.0644. The van der Waals surface area contributed by atoms with E-state index in [0.717, 1.165) is 25.1 Å². The molecule has 2 aromatic rings. The number of aryl methyl sites for hydroxylation is 2. The van der Waals surface area contributed by atoms with E-state index >= 15 is 0 Å². The zero-order valence-electron chi connectivity index (χ0n) is 13.8. The molecule has 1 amide bonds. The lowest BCUT2D eigenvalue weighted by Crippen LogP contribution is -2.34. The summed E-state index contributed by atoms with van der Waals surface area (Å²) < 4.78 is 5.71. The molecule has 1 aliphatic rings. The molecule has 120 valence electrons. The van der Waals surface area contributed by atoms with Gasteiger partial charge >= 0.3 is 0 Å². The lowest BCUT2D eigenvalue weighted by molar-refractivity contribution is -0.134. The average Bonchev–Trinajstić information content (AvgIpc) is 3.06. The summed E-state index contributed by atoms with van der Waals surface area (Å²) >= 11 is 0. The van der Waals surface area contributed by atoms with Gasteiger partial charge in [-0.15, -0.1) is 0 Å². The normalized spacial score (nSPS) is 17.3. The van der Waals surface area contributed by atoms with Gasteiger partial charge in [-0.2, -0.15) is 0 Å². The van der Waals surface area contributed by atoms with Crippen LogP contribution in [-0.2, 0) is 4.79 Å². The van der Waals surface area contributed by atoms with Gasteiger partial charge in [0.1, 0.15) is 5.75 Å². The predicted molar refractivity (Wildman–Crippen MR) is 91.5 cm³/mol. The van der Waals surface area contributed by atoms with Crippen LogP contribution in [0.5, 0.6) is 5.75 Å². The van der Waals surface area contributed by atoms with Crippen LogP contribution < -0.4 is 4.74 Å². The van der Waals surface area contributed by atoms with Gasteiger partial charge in [-0.25, -0.2) is 0 Å². The monoisotopic (exact) mass is 309 g/mol. The van der Waals surface area contributed by atoms with Crippen molar-refractivity contribution >= 4 is 5.91 Å². The minimum Gasteiger partial charge on any atom is -0.484 e. The Kier molecular flexibility index (Phi) is 4.65. The molecule has 1 saturated heterocycles. The maximum atomic E-state index is 12.6. The first-order valence-corrected chi connectivity index (χ1v) is 8.19. The Bertz CT molecular complexity index is 681. The molecule has 1 atom stereocenters. The molecule has 3 nitrogen and oxygen atoms in total. The summed E-state index contributed by atoms with van der Waals surface area (Å²) in [4.78, 5) is 14.5. The van der Waals surface area contributed by atoms with Gasteiger partial charge in [-0.3, -0.25) is 4.79 Å². The van der Waals surface area contributed by atoms with Crippen LogP contribution in [0.25, 0.3) is 0 Å². The molecule has 23 heavy (non-hydrogen) atoms. The van der Waals surface area contributed by atoms with Crippen molar-refractivity contribution in [2.75, 3.05) is 13.2 Å². The highest BCUT2D eigenvalue weighted by Gasteiger charge is 2.29. The van der Waals surface area contributed by atoms with Crippen molar-refractivity contribution in [1.29, 1.82) is 0 Å². The number of nitrogens with zero attached hydrogens (tertiary/aromatic N) is 1. The van der Waals surface area contributed by atoms with Crippen LogP contribution >= 0.6 is 0 Å². The first-order valence-electron chi connectivity index (χ1n) is 8.19. The number of carbonyl (C=O) groups excluding carboxylic acids is 1. The van der Waals surface area contributed by atoms with Gasteiger partial charge < -0.3 is 9.64 Å². The summed E-state index contributed by atoms with van der Waals surface area (Å²) in [6, 6.07) is 16.4. The molecule has 3 heteroatoms. The van der Waals surface area contributed by atoms with E-state index in [2.05, 4.69) is 26.0 Å². The van der Waals surface area contributed by atoms with Crippen LogP contribution in [0, 0.1) is 13.8 Å². The van der Waals surface area contributed by atoms with Crippen LogP contribution in [0.15, 0.2) is 48.5 Å². The van der Waals surface area contributed by atoms with Crippen molar-refractivity contribution in [2.45, 2.75) is 32.7 Å². The van der Waals surface area contributed by atoms with Gasteiger partial charge in [0, 0.05) is 6.54 Å². The molecule has 0 aromatic heterocycles. The number of benzene rings is 2. The second kappa shape index (κ2) is 6.86. The Morgan fingerprint density at radius 2 is 1.91 bits per heavy atom. The number of carbonyl (C=O) groups is 1. The van der Waals surface area contributed by atoms with Gasteiger partial charge in [0.15, 0.2) is 6.61 Å². The van der Waals surface area contributed by atoms with E-state index < -0.39 is 0 Å².